The van der Waals surface area contributed by atoms with Crippen molar-refractivity contribution in [1.82, 2.24) is 25.0 Å². The minimum atomic E-state index is 0.154. The van der Waals surface area contributed by atoms with Gasteiger partial charge in [-0.15, -0.1) is 10.2 Å². The van der Waals surface area contributed by atoms with Crippen molar-refractivity contribution in [2.75, 3.05) is 18.0 Å². The van der Waals surface area contributed by atoms with E-state index in [-0.39, 0.29) is 5.75 Å². The van der Waals surface area contributed by atoms with Crippen LogP contribution in [0.5, 0.6) is 5.75 Å². The summed E-state index contributed by atoms with van der Waals surface area (Å²) in [4.78, 5) is 6.52. The van der Waals surface area contributed by atoms with Gasteiger partial charge in [-0.3, -0.25) is 4.68 Å². The molecule has 7 nitrogen and oxygen atoms in total. The van der Waals surface area contributed by atoms with Crippen molar-refractivity contribution in [3.05, 3.63) is 36.8 Å². The molecule has 0 radical (unpaired) electrons. The van der Waals surface area contributed by atoms with E-state index >= 15 is 0 Å². The molecule has 0 bridgehead atoms. The molecule has 1 saturated heterocycles. The van der Waals surface area contributed by atoms with Gasteiger partial charge in [0.2, 0.25) is 5.95 Å². The number of hydrogen-bond acceptors (Lipinski definition) is 6. The maximum absolute atomic E-state index is 10.4. The maximum atomic E-state index is 10.4. The maximum Gasteiger partial charge on any atom is 0.245 e. The SMILES string of the molecule is Cn1cc(-c2ccc(-c3cnc(N4CCCC4)nn3)c(O)c2)cn1. The summed E-state index contributed by atoms with van der Waals surface area (Å²) in [6.07, 6.45) is 7.67. The zero-order chi connectivity index (χ0) is 16.5. The molecule has 1 aliphatic heterocycles. The molecule has 1 fully saturated rings. The molecule has 0 spiro atoms. The van der Waals surface area contributed by atoms with E-state index in [2.05, 4.69) is 25.2 Å². The summed E-state index contributed by atoms with van der Waals surface area (Å²) in [5.41, 5.74) is 3.04. The standard InChI is InChI=1S/C17H18N6O/c1-22-11-13(9-19-22)12-4-5-14(16(24)8-12)15-10-18-17(21-20-15)23-6-2-3-7-23/h4-5,8-11,24H,2-3,6-7H2,1H3. The van der Waals surface area contributed by atoms with Crippen LogP contribution < -0.4 is 4.90 Å². The van der Waals surface area contributed by atoms with Crippen LogP contribution in [0.25, 0.3) is 22.4 Å². The van der Waals surface area contributed by atoms with Crippen LogP contribution in [0, 0.1) is 0 Å². The van der Waals surface area contributed by atoms with Crippen molar-refractivity contribution in [2.45, 2.75) is 12.8 Å². The molecular formula is C17H18N6O. The molecule has 0 atom stereocenters. The van der Waals surface area contributed by atoms with Gasteiger partial charge in [0.25, 0.3) is 0 Å². The first-order valence-electron chi connectivity index (χ1n) is 7.98. The van der Waals surface area contributed by atoms with Crippen molar-refractivity contribution in [2.24, 2.45) is 7.05 Å². The number of nitrogens with zero attached hydrogens (tertiary/aromatic N) is 6. The average Bonchev–Trinajstić information content (AvgIpc) is 3.27. The Morgan fingerprint density at radius 1 is 1.04 bits per heavy atom. The number of anilines is 1. The van der Waals surface area contributed by atoms with Crippen LogP contribution >= 0.6 is 0 Å². The molecule has 7 heteroatoms. The van der Waals surface area contributed by atoms with Crippen LogP contribution in [-0.4, -0.2) is 43.2 Å². The lowest BCUT2D eigenvalue weighted by Crippen LogP contribution is -2.20. The van der Waals surface area contributed by atoms with Crippen molar-refractivity contribution in [3.63, 3.8) is 0 Å². The number of phenolic OH excluding ortho intramolecular Hbond substituents is 1. The smallest absolute Gasteiger partial charge is 0.245 e. The molecule has 0 aliphatic carbocycles. The number of aromatic nitrogens is 5. The summed E-state index contributed by atoms with van der Waals surface area (Å²) in [5.74, 6) is 0.809. The Morgan fingerprint density at radius 2 is 1.88 bits per heavy atom. The Balaban J connectivity index is 1.61. The number of rotatable bonds is 3. The van der Waals surface area contributed by atoms with E-state index in [1.807, 2.05) is 25.4 Å². The van der Waals surface area contributed by atoms with Crippen LogP contribution in [0.3, 0.4) is 0 Å². The zero-order valence-corrected chi connectivity index (χ0v) is 13.4. The summed E-state index contributed by atoms with van der Waals surface area (Å²) < 4.78 is 1.73. The Kier molecular flexibility index (Phi) is 3.60. The van der Waals surface area contributed by atoms with Gasteiger partial charge in [-0.2, -0.15) is 5.10 Å². The highest BCUT2D eigenvalue weighted by atomic mass is 16.3. The van der Waals surface area contributed by atoms with Gasteiger partial charge in [0, 0.05) is 37.5 Å². The number of hydrogen-bond donors (Lipinski definition) is 1. The second-order valence-corrected chi connectivity index (χ2v) is 5.97. The number of aryl methyl sites for hydroxylation is 1. The third-order valence-electron chi connectivity index (χ3n) is 4.25. The molecule has 122 valence electrons. The van der Waals surface area contributed by atoms with E-state index in [1.54, 1.807) is 23.1 Å². The van der Waals surface area contributed by atoms with Gasteiger partial charge in [-0.25, -0.2) is 4.98 Å². The third kappa shape index (κ3) is 2.68. The molecule has 0 amide bonds. The van der Waals surface area contributed by atoms with E-state index in [4.69, 9.17) is 0 Å². The lowest BCUT2D eigenvalue weighted by molar-refractivity contribution is 0.477. The monoisotopic (exact) mass is 322 g/mol. The van der Waals surface area contributed by atoms with Crippen molar-refractivity contribution in [3.8, 4) is 28.1 Å². The molecular weight excluding hydrogens is 304 g/mol. The largest absolute Gasteiger partial charge is 0.507 e. The molecule has 0 saturated carbocycles. The van der Waals surface area contributed by atoms with E-state index in [1.165, 1.54) is 12.8 Å². The molecule has 1 aliphatic rings. The normalized spacial score (nSPS) is 14.3. The minimum Gasteiger partial charge on any atom is -0.507 e. The molecule has 24 heavy (non-hydrogen) atoms. The highest BCUT2D eigenvalue weighted by Crippen LogP contribution is 2.32. The van der Waals surface area contributed by atoms with E-state index in [9.17, 15) is 5.11 Å². The van der Waals surface area contributed by atoms with Gasteiger partial charge in [0.05, 0.1) is 12.4 Å². The van der Waals surface area contributed by atoms with Crippen LogP contribution in [0.4, 0.5) is 5.95 Å². The summed E-state index contributed by atoms with van der Waals surface area (Å²) in [5, 5.41) is 22.9. The van der Waals surface area contributed by atoms with Crippen LogP contribution in [0.15, 0.2) is 36.8 Å². The molecule has 3 aromatic rings. The Hall–Kier alpha value is -2.96. The Labute approximate surface area is 139 Å². The highest BCUT2D eigenvalue weighted by molar-refractivity contribution is 5.73. The van der Waals surface area contributed by atoms with Gasteiger partial charge in [0.1, 0.15) is 11.4 Å². The third-order valence-corrected chi connectivity index (χ3v) is 4.25. The molecule has 2 aromatic heterocycles. The van der Waals surface area contributed by atoms with Crippen LogP contribution in [-0.2, 0) is 7.05 Å². The predicted molar refractivity (Wildman–Crippen MR) is 90.6 cm³/mol. The van der Waals surface area contributed by atoms with Gasteiger partial charge in [0.15, 0.2) is 0 Å². The summed E-state index contributed by atoms with van der Waals surface area (Å²) >= 11 is 0. The summed E-state index contributed by atoms with van der Waals surface area (Å²) in [6.45, 7) is 1.96. The first kappa shape index (κ1) is 14.6. The average molecular weight is 322 g/mol. The molecule has 3 heterocycles. The van der Waals surface area contributed by atoms with Gasteiger partial charge in [-0.1, -0.05) is 6.07 Å². The van der Waals surface area contributed by atoms with Gasteiger partial charge >= 0.3 is 0 Å². The van der Waals surface area contributed by atoms with Crippen molar-refractivity contribution < 1.29 is 5.11 Å². The van der Waals surface area contributed by atoms with Crippen LogP contribution in [0.2, 0.25) is 0 Å². The first-order chi connectivity index (χ1) is 11.7. The van der Waals surface area contributed by atoms with E-state index in [0.717, 1.165) is 24.2 Å². The summed E-state index contributed by atoms with van der Waals surface area (Å²) in [7, 11) is 1.86. The van der Waals surface area contributed by atoms with Crippen LogP contribution in [0.1, 0.15) is 12.8 Å². The minimum absolute atomic E-state index is 0.154. The molecule has 0 unspecified atom stereocenters. The Bertz CT molecular complexity index is 852. The molecule has 1 N–H and O–H groups in total. The number of aromatic hydroxyl groups is 1. The zero-order valence-electron chi connectivity index (χ0n) is 13.4. The molecule has 4 rings (SSSR count). The van der Waals surface area contributed by atoms with Gasteiger partial charge in [-0.05, 0) is 30.5 Å². The quantitative estimate of drug-likeness (QED) is 0.796. The second-order valence-electron chi connectivity index (χ2n) is 5.97. The molecule has 1 aromatic carbocycles. The fraction of sp³-hybridized carbons (Fsp3) is 0.294. The predicted octanol–water partition coefficient (Wildman–Crippen LogP) is 2.24. The van der Waals surface area contributed by atoms with Gasteiger partial charge < -0.3 is 10.0 Å². The highest BCUT2D eigenvalue weighted by Gasteiger charge is 2.16. The number of phenols is 1. The topological polar surface area (TPSA) is 80.0 Å². The van der Waals surface area contributed by atoms with E-state index in [0.29, 0.717) is 17.2 Å². The van der Waals surface area contributed by atoms with E-state index < -0.39 is 0 Å². The fourth-order valence-corrected chi connectivity index (χ4v) is 2.95. The first-order valence-corrected chi connectivity index (χ1v) is 7.98. The van der Waals surface area contributed by atoms with Crippen molar-refractivity contribution in [1.29, 1.82) is 0 Å². The number of benzene rings is 1. The Morgan fingerprint density at radius 3 is 2.50 bits per heavy atom. The second kappa shape index (κ2) is 5.92. The summed E-state index contributed by atoms with van der Waals surface area (Å²) in [6, 6.07) is 5.48. The lowest BCUT2D eigenvalue weighted by Gasteiger charge is -2.14. The lowest BCUT2D eigenvalue weighted by atomic mass is 10.0. The fourth-order valence-electron chi connectivity index (χ4n) is 2.95. The van der Waals surface area contributed by atoms with Crippen molar-refractivity contribution >= 4 is 5.95 Å².